The van der Waals surface area contributed by atoms with Crippen LogP contribution in [-0.2, 0) is 11.3 Å². The molecule has 0 aliphatic carbocycles. The highest BCUT2D eigenvalue weighted by molar-refractivity contribution is 5.17. The molecular weight excluding hydrogens is 194 g/mol. The molecule has 15 heavy (non-hydrogen) atoms. The molecule has 2 N–H and O–H groups in total. The van der Waals surface area contributed by atoms with Gasteiger partial charge in [0.15, 0.2) is 0 Å². The van der Waals surface area contributed by atoms with E-state index in [-0.39, 0.29) is 5.75 Å². The van der Waals surface area contributed by atoms with Gasteiger partial charge in [-0.1, -0.05) is 0 Å². The molecule has 2 rings (SSSR count). The van der Waals surface area contributed by atoms with Crippen LogP contribution >= 0.6 is 0 Å². The Kier molecular flexibility index (Phi) is 3.49. The van der Waals surface area contributed by atoms with E-state index in [1.807, 2.05) is 6.07 Å². The Balaban J connectivity index is 1.79. The summed E-state index contributed by atoms with van der Waals surface area (Å²) < 4.78 is 5.24. The summed E-state index contributed by atoms with van der Waals surface area (Å²) >= 11 is 0. The Morgan fingerprint density at radius 1 is 1.40 bits per heavy atom. The Hall–Kier alpha value is -1.17. The average Bonchev–Trinajstić information content (AvgIpc) is 2.30. The van der Waals surface area contributed by atoms with E-state index in [4.69, 9.17) is 9.84 Å². The molecule has 0 saturated carbocycles. The monoisotopic (exact) mass is 209 g/mol. The number of ether oxygens (including phenoxy) is 1. The van der Waals surface area contributed by atoms with Crippen molar-refractivity contribution in [1.82, 2.24) is 15.4 Å². The molecule has 0 unspecified atom stereocenters. The van der Waals surface area contributed by atoms with E-state index in [9.17, 15) is 0 Å². The first-order valence-corrected chi connectivity index (χ1v) is 5.05. The van der Waals surface area contributed by atoms with Crippen LogP contribution in [0.3, 0.4) is 0 Å². The normalized spacial score (nSPS) is 17.9. The van der Waals surface area contributed by atoms with Crippen LogP contribution in [-0.4, -0.2) is 41.4 Å². The number of hydrazine groups is 1. The van der Waals surface area contributed by atoms with E-state index in [2.05, 4.69) is 15.4 Å². The molecule has 1 aliphatic rings. The van der Waals surface area contributed by atoms with Crippen LogP contribution in [0.2, 0.25) is 0 Å². The van der Waals surface area contributed by atoms with E-state index in [0.29, 0.717) is 6.54 Å². The molecule has 5 nitrogen and oxygen atoms in total. The third-order valence-electron chi connectivity index (χ3n) is 2.30. The van der Waals surface area contributed by atoms with Crippen molar-refractivity contribution in [3.05, 3.63) is 24.0 Å². The van der Waals surface area contributed by atoms with Gasteiger partial charge in [0.2, 0.25) is 0 Å². The molecule has 2 heterocycles. The molecular formula is C10H15N3O2. The molecule has 5 heteroatoms. The summed E-state index contributed by atoms with van der Waals surface area (Å²) in [7, 11) is 0. The summed E-state index contributed by atoms with van der Waals surface area (Å²) in [6, 6.07) is 3.45. The molecule has 0 radical (unpaired) electrons. The summed E-state index contributed by atoms with van der Waals surface area (Å²) in [6.45, 7) is 4.03. The number of nitrogens with one attached hydrogen (secondary N) is 1. The minimum Gasteiger partial charge on any atom is -0.506 e. The van der Waals surface area contributed by atoms with Gasteiger partial charge in [-0.3, -0.25) is 4.98 Å². The molecule has 1 aromatic heterocycles. The van der Waals surface area contributed by atoms with Gasteiger partial charge in [0.1, 0.15) is 5.75 Å². The van der Waals surface area contributed by atoms with E-state index < -0.39 is 0 Å². The Labute approximate surface area is 88.7 Å². The second kappa shape index (κ2) is 5.06. The van der Waals surface area contributed by atoms with Gasteiger partial charge in [-0.2, -0.15) is 0 Å². The van der Waals surface area contributed by atoms with Gasteiger partial charge < -0.3 is 9.84 Å². The van der Waals surface area contributed by atoms with Crippen LogP contribution in [0.5, 0.6) is 5.75 Å². The summed E-state index contributed by atoms with van der Waals surface area (Å²) in [4.78, 5) is 4.09. The van der Waals surface area contributed by atoms with Gasteiger partial charge in [0.25, 0.3) is 0 Å². The van der Waals surface area contributed by atoms with Crippen molar-refractivity contribution >= 4 is 0 Å². The molecule has 82 valence electrons. The Morgan fingerprint density at radius 3 is 2.87 bits per heavy atom. The first kappa shape index (κ1) is 10.4. The predicted molar refractivity (Wildman–Crippen MR) is 55.1 cm³/mol. The lowest BCUT2D eigenvalue weighted by Gasteiger charge is -2.27. The van der Waals surface area contributed by atoms with E-state index in [0.717, 1.165) is 32.0 Å². The lowest BCUT2D eigenvalue weighted by atomic mass is 10.3. The zero-order valence-electron chi connectivity index (χ0n) is 8.52. The van der Waals surface area contributed by atoms with Gasteiger partial charge >= 0.3 is 0 Å². The molecule has 0 atom stereocenters. The third-order valence-corrected chi connectivity index (χ3v) is 2.30. The van der Waals surface area contributed by atoms with E-state index >= 15 is 0 Å². The lowest BCUT2D eigenvalue weighted by Crippen LogP contribution is -2.45. The number of aromatic nitrogens is 1. The summed E-state index contributed by atoms with van der Waals surface area (Å²) in [6.07, 6.45) is 1.45. The average molecular weight is 209 g/mol. The van der Waals surface area contributed by atoms with Crippen LogP contribution in [0.1, 0.15) is 5.69 Å². The zero-order chi connectivity index (χ0) is 10.5. The lowest BCUT2D eigenvalue weighted by molar-refractivity contribution is 0.0103. The molecule has 0 spiro atoms. The molecule has 1 aliphatic heterocycles. The molecule has 1 fully saturated rings. The number of morpholine rings is 1. The Bertz CT molecular complexity index is 296. The summed E-state index contributed by atoms with van der Waals surface area (Å²) in [5.41, 5.74) is 4.18. The molecule has 0 bridgehead atoms. The SMILES string of the molecule is Oc1ccc(CNN2CCOCC2)nc1. The topological polar surface area (TPSA) is 57.6 Å². The van der Waals surface area contributed by atoms with Crippen molar-refractivity contribution in [1.29, 1.82) is 0 Å². The van der Waals surface area contributed by atoms with Crippen molar-refractivity contribution in [3.63, 3.8) is 0 Å². The number of nitrogens with zero attached hydrogens (tertiary/aromatic N) is 2. The van der Waals surface area contributed by atoms with Crippen molar-refractivity contribution in [2.24, 2.45) is 0 Å². The molecule has 0 amide bonds. The van der Waals surface area contributed by atoms with Gasteiger partial charge in [-0.05, 0) is 12.1 Å². The van der Waals surface area contributed by atoms with Gasteiger partial charge in [0.05, 0.1) is 31.6 Å². The van der Waals surface area contributed by atoms with E-state index in [1.54, 1.807) is 6.07 Å². The number of rotatable bonds is 3. The smallest absolute Gasteiger partial charge is 0.133 e. The van der Waals surface area contributed by atoms with Crippen molar-refractivity contribution in [2.75, 3.05) is 26.3 Å². The van der Waals surface area contributed by atoms with Crippen LogP contribution in [0, 0.1) is 0 Å². The standard InChI is InChI=1S/C10H15N3O2/c14-10-2-1-9(11-8-10)7-12-13-3-5-15-6-4-13/h1-2,8,12,14H,3-7H2. The minimum absolute atomic E-state index is 0.199. The number of hydrogen-bond acceptors (Lipinski definition) is 5. The van der Waals surface area contributed by atoms with Crippen molar-refractivity contribution in [3.8, 4) is 5.75 Å². The van der Waals surface area contributed by atoms with Crippen LogP contribution in [0.15, 0.2) is 18.3 Å². The molecule has 1 aromatic rings. The van der Waals surface area contributed by atoms with E-state index in [1.165, 1.54) is 6.20 Å². The minimum atomic E-state index is 0.199. The predicted octanol–water partition coefficient (Wildman–Crippen LogP) is 0.124. The summed E-state index contributed by atoms with van der Waals surface area (Å²) in [5.74, 6) is 0.199. The fourth-order valence-electron chi connectivity index (χ4n) is 1.44. The van der Waals surface area contributed by atoms with Gasteiger partial charge in [-0.15, -0.1) is 0 Å². The number of hydrogen-bond donors (Lipinski definition) is 2. The first-order valence-electron chi connectivity index (χ1n) is 5.05. The zero-order valence-corrected chi connectivity index (χ0v) is 8.52. The van der Waals surface area contributed by atoms with Crippen LogP contribution in [0.25, 0.3) is 0 Å². The second-order valence-electron chi connectivity index (χ2n) is 3.44. The highest BCUT2D eigenvalue weighted by atomic mass is 16.5. The van der Waals surface area contributed by atoms with Crippen molar-refractivity contribution in [2.45, 2.75) is 6.54 Å². The van der Waals surface area contributed by atoms with Crippen LogP contribution < -0.4 is 5.43 Å². The fourth-order valence-corrected chi connectivity index (χ4v) is 1.44. The quantitative estimate of drug-likeness (QED) is 0.740. The first-order chi connectivity index (χ1) is 7.34. The largest absolute Gasteiger partial charge is 0.506 e. The highest BCUT2D eigenvalue weighted by Crippen LogP contribution is 2.05. The fraction of sp³-hybridized carbons (Fsp3) is 0.500. The second-order valence-corrected chi connectivity index (χ2v) is 3.44. The molecule has 0 aromatic carbocycles. The maximum atomic E-state index is 9.06. The number of pyridine rings is 1. The van der Waals surface area contributed by atoms with Gasteiger partial charge in [0, 0.05) is 13.1 Å². The number of aromatic hydroxyl groups is 1. The maximum absolute atomic E-state index is 9.06. The van der Waals surface area contributed by atoms with Crippen molar-refractivity contribution < 1.29 is 9.84 Å². The summed E-state index contributed by atoms with van der Waals surface area (Å²) in [5, 5.41) is 11.2. The maximum Gasteiger partial charge on any atom is 0.133 e. The highest BCUT2D eigenvalue weighted by Gasteiger charge is 2.09. The molecule has 1 saturated heterocycles. The van der Waals surface area contributed by atoms with Crippen LogP contribution in [0.4, 0.5) is 0 Å². The third kappa shape index (κ3) is 3.16. The Morgan fingerprint density at radius 2 is 2.20 bits per heavy atom. The van der Waals surface area contributed by atoms with Gasteiger partial charge in [-0.25, -0.2) is 10.4 Å².